The number of nitrogens with two attached hydrogens (primary N) is 1. The van der Waals surface area contributed by atoms with Crippen LogP contribution in [0.3, 0.4) is 0 Å². The van der Waals surface area contributed by atoms with Crippen LogP contribution in [-0.4, -0.2) is 25.3 Å². The Morgan fingerprint density at radius 1 is 1.38 bits per heavy atom. The number of thiazole rings is 1. The van der Waals surface area contributed by atoms with E-state index >= 15 is 0 Å². The molecular weight excluding hydrogens is 410 g/mol. The highest BCUT2D eigenvalue weighted by Crippen LogP contribution is 2.41. The van der Waals surface area contributed by atoms with Crippen molar-refractivity contribution in [1.82, 2.24) is 9.97 Å². The first-order chi connectivity index (χ1) is 13.6. The molecule has 10 heteroatoms. The van der Waals surface area contributed by atoms with Gasteiger partial charge in [0.15, 0.2) is 9.92 Å². The number of rotatable bonds is 3. The van der Waals surface area contributed by atoms with E-state index in [1.807, 2.05) is 0 Å². The van der Waals surface area contributed by atoms with Gasteiger partial charge >= 0.3 is 6.03 Å². The lowest BCUT2D eigenvalue weighted by Gasteiger charge is -2.15. The molecule has 4 rings (SSSR count). The molecule has 2 aromatic rings. The molecule has 0 aromatic carbocycles. The Kier molecular flexibility index (Phi) is 5.01. The molecule has 0 saturated carbocycles. The first-order valence-electron chi connectivity index (χ1n) is 9.65. The van der Waals surface area contributed by atoms with Crippen LogP contribution in [0.1, 0.15) is 66.9 Å². The summed E-state index contributed by atoms with van der Waals surface area (Å²) in [6, 6.07) is -0.750. The molecule has 8 nitrogen and oxygen atoms in total. The van der Waals surface area contributed by atoms with E-state index < -0.39 is 21.5 Å². The highest BCUT2D eigenvalue weighted by Gasteiger charge is 2.30. The van der Waals surface area contributed by atoms with Gasteiger partial charge in [-0.3, -0.25) is 4.98 Å². The summed E-state index contributed by atoms with van der Waals surface area (Å²) < 4.78 is 16.6. The van der Waals surface area contributed by atoms with Gasteiger partial charge in [-0.1, -0.05) is 6.92 Å². The number of amides is 2. The topological polar surface area (TPSA) is 131 Å². The molecule has 156 valence electrons. The van der Waals surface area contributed by atoms with Crippen molar-refractivity contribution in [3.8, 4) is 0 Å². The second-order valence-corrected chi connectivity index (χ2v) is 11.2. The number of nitrogens with zero attached hydrogens (tertiary/aromatic N) is 3. The van der Waals surface area contributed by atoms with Gasteiger partial charge in [-0.2, -0.15) is 0 Å². The van der Waals surface area contributed by atoms with Crippen molar-refractivity contribution in [3.05, 3.63) is 33.6 Å². The van der Waals surface area contributed by atoms with Crippen molar-refractivity contribution < 1.29 is 14.1 Å². The molecule has 2 amide bonds. The molecule has 29 heavy (non-hydrogen) atoms. The summed E-state index contributed by atoms with van der Waals surface area (Å²) in [5.74, 6) is 0.359. The minimum Gasteiger partial charge on any atom is -0.385 e. The average molecular weight is 436 g/mol. The van der Waals surface area contributed by atoms with E-state index in [4.69, 9.17) is 10.1 Å². The van der Waals surface area contributed by atoms with Crippen LogP contribution < -0.4 is 10.5 Å². The predicted octanol–water partition coefficient (Wildman–Crippen LogP) is 3.24. The van der Waals surface area contributed by atoms with Gasteiger partial charge in [0.25, 0.3) is 0 Å². The average Bonchev–Trinajstić information content (AvgIpc) is 3.33. The Hall–Kier alpha value is -1.88. The third-order valence-electron chi connectivity index (χ3n) is 5.44. The largest absolute Gasteiger partial charge is 0.385 e. The highest BCUT2D eigenvalue weighted by molar-refractivity contribution is 7.93. The van der Waals surface area contributed by atoms with Gasteiger partial charge in [-0.15, -0.1) is 15.7 Å². The summed E-state index contributed by atoms with van der Waals surface area (Å²) in [4.78, 5) is 22.0. The number of carbonyl (C=O) groups is 1. The number of aliphatic hydroxyl groups is 1. The first-order valence-corrected chi connectivity index (χ1v) is 12.0. The molecule has 0 fully saturated rings. The van der Waals surface area contributed by atoms with Crippen molar-refractivity contribution in [2.45, 2.75) is 68.7 Å². The summed E-state index contributed by atoms with van der Waals surface area (Å²) in [6.45, 7) is 5.33. The van der Waals surface area contributed by atoms with Crippen LogP contribution in [0.2, 0.25) is 0 Å². The molecule has 2 aliphatic rings. The minimum atomic E-state index is -3.51. The third kappa shape index (κ3) is 3.81. The lowest BCUT2D eigenvalue weighted by atomic mass is 10.0. The lowest BCUT2D eigenvalue weighted by Crippen LogP contribution is -2.19. The van der Waals surface area contributed by atoms with Gasteiger partial charge in [0, 0.05) is 17.6 Å². The van der Waals surface area contributed by atoms with Crippen LogP contribution >= 0.6 is 11.3 Å². The van der Waals surface area contributed by atoms with E-state index in [0.29, 0.717) is 10.8 Å². The van der Waals surface area contributed by atoms with Crippen LogP contribution in [0.15, 0.2) is 14.9 Å². The van der Waals surface area contributed by atoms with Gasteiger partial charge < -0.3 is 10.4 Å². The first kappa shape index (κ1) is 20.4. The fourth-order valence-electron chi connectivity index (χ4n) is 3.92. The van der Waals surface area contributed by atoms with E-state index in [1.165, 1.54) is 6.20 Å². The van der Waals surface area contributed by atoms with Crippen molar-refractivity contribution in [3.63, 3.8) is 0 Å². The van der Waals surface area contributed by atoms with Crippen LogP contribution in [-0.2, 0) is 34.8 Å². The fraction of sp³-hybridized carbons (Fsp3) is 0.526. The molecular formula is C19H25N5O3S2. The molecule has 0 spiro atoms. The van der Waals surface area contributed by atoms with E-state index in [9.17, 15) is 14.1 Å². The Morgan fingerprint density at radius 2 is 2.14 bits per heavy atom. The van der Waals surface area contributed by atoms with E-state index in [-0.39, 0.29) is 4.34 Å². The molecule has 0 radical (unpaired) electrons. The van der Waals surface area contributed by atoms with E-state index in [1.54, 1.807) is 13.8 Å². The number of anilines is 1. The number of urea groups is 1. The number of carbonyl (C=O) groups excluding carboxylic acids is 1. The Bertz CT molecular complexity index is 1110. The molecule has 2 atom stereocenters. The molecule has 0 aliphatic heterocycles. The minimum absolute atomic E-state index is 0.0172. The number of fused-ring (bicyclic) bond motifs is 2. The smallest absolute Gasteiger partial charge is 0.354 e. The third-order valence-corrected chi connectivity index (χ3v) is 8.55. The van der Waals surface area contributed by atoms with Crippen molar-refractivity contribution >= 4 is 33.0 Å². The number of nitrogens with one attached hydrogen (secondary N) is 1. The quantitative estimate of drug-likeness (QED) is 0.681. The standard InChI is InChI=1S/C19H25N5O3S2/c1-10-7-8-12-15(10)22-13-6-4-5-11(13)16(12)23-17(25)24-29(20,27)18-21-9-14(28-18)19(2,3)26/h9-10,26H,4-8H2,1-3H3,(H3,20,22,23,24,25,27)/t10-,29-/m1/s1. The van der Waals surface area contributed by atoms with Gasteiger partial charge in [-0.25, -0.2) is 19.1 Å². The maximum absolute atomic E-state index is 12.9. The molecule has 2 aromatic heterocycles. The van der Waals surface area contributed by atoms with Crippen molar-refractivity contribution in [2.75, 3.05) is 5.32 Å². The second-order valence-electron chi connectivity index (χ2n) is 8.21. The summed E-state index contributed by atoms with van der Waals surface area (Å²) in [5.41, 5.74) is 3.84. The van der Waals surface area contributed by atoms with Gasteiger partial charge in [-0.05, 0) is 63.0 Å². The molecule has 2 heterocycles. The molecule has 2 aliphatic carbocycles. The zero-order valence-electron chi connectivity index (χ0n) is 16.7. The number of hydrogen-bond acceptors (Lipinski definition) is 6. The zero-order valence-corrected chi connectivity index (χ0v) is 18.3. The molecule has 4 N–H and O–H groups in total. The summed E-state index contributed by atoms with van der Waals surface area (Å²) in [5, 5.41) is 18.8. The maximum atomic E-state index is 12.9. The number of aryl methyl sites for hydroxylation is 1. The summed E-state index contributed by atoms with van der Waals surface area (Å²) in [7, 11) is -3.51. The second kappa shape index (κ2) is 7.12. The predicted molar refractivity (Wildman–Crippen MR) is 112 cm³/mol. The van der Waals surface area contributed by atoms with E-state index in [0.717, 1.165) is 71.6 Å². The number of aromatic nitrogens is 2. The molecule has 0 bridgehead atoms. The van der Waals surface area contributed by atoms with Crippen molar-refractivity contribution in [1.29, 1.82) is 0 Å². The Labute approximate surface area is 174 Å². The summed E-state index contributed by atoms with van der Waals surface area (Å²) in [6.07, 6.45) is 6.03. The number of pyridine rings is 1. The van der Waals surface area contributed by atoms with Crippen molar-refractivity contribution in [2.24, 2.45) is 9.50 Å². The van der Waals surface area contributed by atoms with E-state index in [2.05, 4.69) is 21.6 Å². The molecule has 0 unspecified atom stereocenters. The van der Waals surface area contributed by atoms with Crippen LogP contribution in [0, 0.1) is 0 Å². The zero-order chi connectivity index (χ0) is 21.0. The normalized spacial score (nSPS) is 20.1. The highest BCUT2D eigenvalue weighted by atomic mass is 32.2. The number of hydrogen-bond donors (Lipinski definition) is 3. The SMILES string of the molecule is C[C@@H]1CCc2c1nc1c(c2NC(=O)N=[S@@](N)(=O)c2ncc(C(C)(C)O)s2)CCC1. The van der Waals surface area contributed by atoms with Crippen LogP contribution in [0.5, 0.6) is 0 Å². The van der Waals surface area contributed by atoms with Crippen LogP contribution in [0.25, 0.3) is 0 Å². The van der Waals surface area contributed by atoms with Crippen LogP contribution in [0.4, 0.5) is 10.5 Å². The lowest BCUT2D eigenvalue weighted by molar-refractivity contribution is 0.0823. The maximum Gasteiger partial charge on any atom is 0.354 e. The summed E-state index contributed by atoms with van der Waals surface area (Å²) >= 11 is 0.990. The Morgan fingerprint density at radius 3 is 2.83 bits per heavy atom. The monoisotopic (exact) mass is 435 g/mol. The van der Waals surface area contributed by atoms with Gasteiger partial charge in [0.2, 0.25) is 4.34 Å². The Balaban J connectivity index is 1.66. The fourth-order valence-corrected chi connectivity index (χ4v) is 6.00. The van der Waals surface area contributed by atoms with Gasteiger partial charge in [0.1, 0.15) is 0 Å². The van der Waals surface area contributed by atoms with Gasteiger partial charge in [0.05, 0.1) is 16.2 Å². The molecule has 0 saturated heterocycles.